The Morgan fingerprint density at radius 2 is 2.11 bits per heavy atom. The van der Waals surface area contributed by atoms with Gasteiger partial charge in [-0.2, -0.15) is 0 Å². The Hall–Kier alpha value is -1.56. The summed E-state index contributed by atoms with van der Waals surface area (Å²) in [5.74, 6) is 1.16. The van der Waals surface area contributed by atoms with Crippen molar-refractivity contribution in [2.24, 2.45) is 17.6 Å². The third-order valence-corrected chi connectivity index (χ3v) is 3.66. The number of nitrogens with zero attached hydrogens (tertiary/aromatic N) is 1. The average Bonchev–Trinajstić information content (AvgIpc) is 2.41. The van der Waals surface area contributed by atoms with E-state index in [1.54, 1.807) is 0 Å². The Kier molecular flexibility index (Phi) is 4.19. The van der Waals surface area contributed by atoms with E-state index < -0.39 is 0 Å². The molecule has 1 aromatic heterocycles. The maximum atomic E-state index is 11.3. The van der Waals surface area contributed by atoms with Gasteiger partial charge in [-0.1, -0.05) is 12.8 Å². The molecule has 0 radical (unpaired) electrons. The summed E-state index contributed by atoms with van der Waals surface area (Å²) in [5, 5.41) is 0. The van der Waals surface area contributed by atoms with Crippen molar-refractivity contribution in [3.8, 4) is 5.88 Å². The lowest BCUT2D eigenvalue weighted by atomic mass is 9.80. The van der Waals surface area contributed by atoms with Crippen molar-refractivity contribution in [3.05, 3.63) is 16.7 Å². The third-order valence-electron chi connectivity index (χ3n) is 3.66. The molecule has 0 saturated heterocycles. The molecule has 6 nitrogen and oxygen atoms in total. The van der Waals surface area contributed by atoms with Crippen molar-refractivity contribution in [2.75, 3.05) is 18.9 Å². The molecule has 0 aromatic carbocycles. The number of anilines is 1. The van der Waals surface area contributed by atoms with Crippen LogP contribution in [0.5, 0.6) is 5.88 Å². The topological polar surface area (TPSA) is 107 Å². The number of nitrogens with two attached hydrogens (primary N) is 2. The number of rotatable bonds is 4. The second kappa shape index (κ2) is 5.86. The number of aromatic amines is 1. The van der Waals surface area contributed by atoms with Gasteiger partial charge < -0.3 is 21.2 Å². The van der Waals surface area contributed by atoms with Gasteiger partial charge >= 0.3 is 0 Å². The van der Waals surface area contributed by atoms with Crippen LogP contribution in [0.1, 0.15) is 25.7 Å². The minimum atomic E-state index is -0.362. The molecular weight excluding hydrogens is 232 g/mol. The molecule has 0 bridgehead atoms. The summed E-state index contributed by atoms with van der Waals surface area (Å²) in [6.45, 7) is 1.22. The minimum Gasteiger partial charge on any atom is -0.476 e. The fourth-order valence-electron chi connectivity index (χ4n) is 2.51. The van der Waals surface area contributed by atoms with Crippen molar-refractivity contribution < 1.29 is 4.74 Å². The number of aromatic nitrogens is 2. The summed E-state index contributed by atoms with van der Waals surface area (Å²) in [6.07, 6.45) is 6.02. The lowest BCUT2D eigenvalue weighted by Gasteiger charge is -2.30. The first kappa shape index (κ1) is 12.9. The molecule has 1 aliphatic carbocycles. The zero-order chi connectivity index (χ0) is 13.0. The Bertz CT molecular complexity index is 446. The molecule has 6 heteroatoms. The summed E-state index contributed by atoms with van der Waals surface area (Å²) in [6, 6.07) is 0. The fourth-order valence-corrected chi connectivity index (χ4v) is 2.51. The van der Waals surface area contributed by atoms with Gasteiger partial charge in [0.2, 0.25) is 5.88 Å². The van der Waals surface area contributed by atoms with Crippen LogP contribution in [0.2, 0.25) is 0 Å². The summed E-state index contributed by atoms with van der Waals surface area (Å²) >= 11 is 0. The standard InChI is InChI=1S/C12H20N4O2/c13-5-8-3-1-2-4-9(8)6-18-12-10(14)11(17)15-7-16-12/h7-9H,1-6,13-14H2,(H,15,16,17). The van der Waals surface area contributed by atoms with Crippen molar-refractivity contribution in [1.82, 2.24) is 9.97 Å². The Morgan fingerprint density at radius 3 is 2.83 bits per heavy atom. The van der Waals surface area contributed by atoms with Crippen LogP contribution in [0.4, 0.5) is 5.69 Å². The average molecular weight is 252 g/mol. The van der Waals surface area contributed by atoms with E-state index in [4.69, 9.17) is 16.2 Å². The highest BCUT2D eigenvalue weighted by atomic mass is 16.5. The monoisotopic (exact) mass is 252 g/mol. The molecule has 1 saturated carbocycles. The predicted molar refractivity (Wildman–Crippen MR) is 69.3 cm³/mol. The predicted octanol–water partition coefficient (Wildman–Crippen LogP) is 0.496. The number of ether oxygens (including phenoxy) is 1. The van der Waals surface area contributed by atoms with E-state index in [9.17, 15) is 4.79 Å². The molecule has 0 spiro atoms. The Labute approximate surface area is 106 Å². The van der Waals surface area contributed by atoms with E-state index in [0.717, 1.165) is 12.8 Å². The second-order valence-corrected chi connectivity index (χ2v) is 4.80. The van der Waals surface area contributed by atoms with Crippen LogP contribution in [0.15, 0.2) is 11.1 Å². The molecule has 1 aromatic rings. The Balaban J connectivity index is 1.98. The van der Waals surface area contributed by atoms with E-state index in [2.05, 4.69) is 9.97 Å². The summed E-state index contributed by atoms with van der Waals surface area (Å²) < 4.78 is 5.58. The maximum absolute atomic E-state index is 11.3. The minimum absolute atomic E-state index is 0.0395. The number of hydrogen-bond acceptors (Lipinski definition) is 5. The van der Waals surface area contributed by atoms with Gasteiger partial charge in [-0.3, -0.25) is 4.79 Å². The largest absolute Gasteiger partial charge is 0.476 e. The first-order chi connectivity index (χ1) is 8.72. The smallest absolute Gasteiger partial charge is 0.277 e. The maximum Gasteiger partial charge on any atom is 0.277 e. The molecule has 1 heterocycles. The van der Waals surface area contributed by atoms with Crippen LogP contribution in [0, 0.1) is 11.8 Å². The van der Waals surface area contributed by atoms with Crippen LogP contribution in [0.25, 0.3) is 0 Å². The molecular formula is C12H20N4O2. The Morgan fingerprint density at radius 1 is 1.39 bits per heavy atom. The summed E-state index contributed by atoms with van der Waals surface area (Å²) in [7, 11) is 0. The molecule has 1 aliphatic rings. The van der Waals surface area contributed by atoms with Crippen LogP contribution >= 0.6 is 0 Å². The van der Waals surface area contributed by atoms with Crippen LogP contribution in [0.3, 0.4) is 0 Å². The van der Waals surface area contributed by atoms with Gasteiger partial charge in [0.15, 0.2) is 5.69 Å². The molecule has 5 N–H and O–H groups in total. The van der Waals surface area contributed by atoms with E-state index in [-0.39, 0.29) is 17.1 Å². The SMILES string of the molecule is NCC1CCCCC1COc1nc[nH]c(=O)c1N. The lowest BCUT2D eigenvalue weighted by Crippen LogP contribution is -2.31. The van der Waals surface area contributed by atoms with Gasteiger partial charge in [-0.25, -0.2) is 4.98 Å². The van der Waals surface area contributed by atoms with Gasteiger partial charge in [-0.15, -0.1) is 0 Å². The fraction of sp³-hybridized carbons (Fsp3) is 0.667. The molecule has 2 rings (SSSR count). The van der Waals surface area contributed by atoms with Crippen molar-refractivity contribution in [3.63, 3.8) is 0 Å². The van der Waals surface area contributed by atoms with Crippen molar-refractivity contribution in [2.45, 2.75) is 25.7 Å². The molecule has 100 valence electrons. The summed E-state index contributed by atoms with van der Waals surface area (Å²) in [4.78, 5) is 17.6. The summed E-state index contributed by atoms with van der Waals surface area (Å²) in [5.41, 5.74) is 11.1. The van der Waals surface area contributed by atoms with Crippen LogP contribution in [-0.4, -0.2) is 23.1 Å². The second-order valence-electron chi connectivity index (χ2n) is 4.80. The van der Waals surface area contributed by atoms with Gasteiger partial charge in [0, 0.05) is 0 Å². The molecule has 2 unspecified atom stereocenters. The van der Waals surface area contributed by atoms with Gasteiger partial charge in [0.25, 0.3) is 5.56 Å². The molecule has 18 heavy (non-hydrogen) atoms. The van der Waals surface area contributed by atoms with E-state index in [1.165, 1.54) is 19.2 Å². The number of H-pyrrole nitrogens is 1. The highest BCUT2D eigenvalue weighted by molar-refractivity contribution is 5.44. The number of nitrogens with one attached hydrogen (secondary N) is 1. The van der Waals surface area contributed by atoms with Crippen molar-refractivity contribution in [1.29, 1.82) is 0 Å². The highest BCUT2D eigenvalue weighted by Crippen LogP contribution is 2.29. The highest BCUT2D eigenvalue weighted by Gasteiger charge is 2.24. The van der Waals surface area contributed by atoms with Gasteiger partial charge in [-0.05, 0) is 31.2 Å². The molecule has 0 aliphatic heterocycles. The number of hydrogen-bond donors (Lipinski definition) is 3. The first-order valence-corrected chi connectivity index (χ1v) is 6.38. The van der Waals surface area contributed by atoms with E-state index in [1.807, 2.05) is 0 Å². The number of nitrogen functional groups attached to an aromatic ring is 1. The normalized spacial score (nSPS) is 23.8. The van der Waals surface area contributed by atoms with Crippen molar-refractivity contribution >= 4 is 5.69 Å². The molecule has 0 amide bonds. The van der Waals surface area contributed by atoms with Gasteiger partial charge in [0.1, 0.15) is 0 Å². The zero-order valence-electron chi connectivity index (χ0n) is 10.4. The quantitative estimate of drug-likeness (QED) is 0.723. The molecule has 1 fully saturated rings. The first-order valence-electron chi connectivity index (χ1n) is 6.38. The van der Waals surface area contributed by atoms with Crippen LogP contribution in [-0.2, 0) is 0 Å². The lowest BCUT2D eigenvalue weighted by molar-refractivity contribution is 0.150. The van der Waals surface area contributed by atoms with Crippen LogP contribution < -0.4 is 21.8 Å². The zero-order valence-corrected chi connectivity index (χ0v) is 10.4. The van der Waals surface area contributed by atoms with Gasteiger partial charge in [0.05, 0.1) is 12.9 Å². The van der Waals surface area contributed by atoms with E-state index >= 15 is 0 Å². The van der Waals surface area contributed by atoms with E-state index in [0.29, 0.717) is 25.0 Å². The third kappa shape index (κ3) is 2.81. The molecule has 2 atom stereocenters.